The van der Waals surface area contributed by atoms with Crippen LogP contribution < -0.4 is 4.72 Å². The number of carbonyl (C=O) groups is 1. The maximum Gasteiger partial charge on any atom is 0.340 e. The van der Waals surface area contributed by atoms with Gasteiger partial charge >= 0.3 is 5.97 Å². The molecule has 27 heavy (non-hydrogen) atoms. The average molecular weight is 438 g/mol. The summed E-state index contributed by atoms with van der Waals surface area (Å²) in [5, 5.41) is 2.11. The van der Waals surface area contributed by atoms with Gasteiger partial charge in [0.15, 0.2) is 0 Å². The molecule has 4 rings (SSSR count). The third kappa shape index (κ3) is 3.34. The number of thiophene rings is 2. The third-order valence-corrected chi connectivity index (χ3v) is 7.84. The van der Waals surface area contributed by atoms with E-state index in [-0.39, 0.29) is 15.5 Å². The minimum Gasteiger partial charge on any atom is -0.465 e. The van der Waals surface area contributed by atoms with Gasteiger partial charge in [-0.1, -0.05) is 12.1 Å². The van der Waals surface area contributed by atoms with Gasteiger partial charge in [0.05, 0.1) is 24.4 Å². The lowest BCUT2D eigenvalue weighted by Gasteiger charge is -2.08. The summed E-state index contributed by atoms with van der Waals surface area (Å²) in [5.41, 5.74) is 0.962. The summed E-state index contributed by atoms with van der Waals surface area (Å²) in [6, 6.07) is 10.2. The van der Waals surface area contributed by atoms with Gasteiger partial charge in [-0.15, -0.1) is 22.7 Å². The van der Waals surface area contributed by atoms with Gasteiger partial charge in [-0.05, 0) is 29.6 Å². The Morgan fingerprint density at radius 2 is 2.00 bits per heavy atom. The molecule has 0 saturated heterocycles. The molecule has 0 fully saturated rings. The standard InChI is InChI=1S/C16H11N3O4S4/c1-23-16(20)9-8-12(11-5-3-7-24-11)25-15(9)19-27(21,22)13-6-2-4-10-14(13)18-26-17-10/h2-8,19H,1H3. The predicted octanol–water partition coefficient (Wildman–Crippen LogP) is 4.07. The fourth-order valence-corrected chi connectivity index (χ4v) is 6.40. The zero-order valence-corrected chi connectivity index (χ0v) is 17.0. The van der Waals surface area contributed by atoms with Crippen LogP contribution in [-0.4, -0.2) is 30.2 Å². The first-order valence-electron chi connectivity index (χ1n) is 7.50. The van der Waals surface area contributed by atoms with E-state index < -0.39 is 16.0 Å². The Labute approximate surface area is 166 Å². The van der Waals surface area contributed by atoms with Crippen LogP contribution in [0.3, 0.4) is 0 Å². The molecule has 11 heteroatoms. The number of methoxy groups -OCH3 is 1. The van der Waals surface area contributed by atoms with Crippen LogP contribution in [0.25, 0.3) is 20.8 Å². The largest absolute Gasteiger partial charge is 0.465 e. The molecule has 0 spiro atoms. The fourth-order valence-electron chi connectivity index (χ4n) is 2.44. The van der Waals surface area contributed by atoms with Gasteiger partial charge < -0.3 is 4.74 Å². The Morgan fingerprint density at radius 3 is 2.74 bits per heavy atom. The zero-order chi connectivity index (χ0) is 19.0. The SMILES string of the molecule is COC(=O)c1cc(-c2cccs2)sc1NS(=O)(=O)c1cccc2nsnc12. The fraction of sp³-hybridized carbons (Fsp3) is 0.0625. The third-order valence-electron chi connectivity index (χ3n) is 3.67. The molecular weight excluding hydrogens is 426 g/mol. The van der Waals surface area contributed by atoms with E-state index in [0.717, 1.165) is 21.5 Å². The van der Waals surface area contributed by atoms with E-state index in [1.807, 2.05) is 17.5 Å². The molecule has 3 heterocycles. The lowest BCUT2D eigenvalue weighted by atomic mass is 10.3. The summed E-state index contributed by atoms with van der Waals surface area (Å²) in [7, 11) is -2.71. The number of hydrogen-bond acceptors (Lipinski definition) is 9. The lowest BCUT2D eigenvalue weighted by Crippen LogP contribution is -2.15. The minimum atomic E-state index is -3.97. The van der Waals surface area contributed by atoms with Crippen molar-refractivity contribution in [1.82, 2.24) is 8.75 Å². The van der Waals surface area contributed by atoms with Gasteiger partial charge in [0.25, 0.3) is 10.0 Å². The van der Waals surface area contributed by atoms with Crippen molar-refractivity contribution in [3.8, 4) is 9.75 Å². The highest BCUT2D eigenvalue weighted by molar-refractivity contribution is 7.93. The molecule has 4 aromatic rings. The molecule has 1 aromatic carbocycles. The molecule has 0 amide bonds. The summed E-state index contributed by atoms with van der Waals surface area (Å²) >= 11 is 3.62. The van der Waals surface area contributed by atoms with E-state index in [1.54, 1.807) is 18.2 Å². The van der Waals surface area contributed by atoms with E-state index in [9.17, 15) is 13.2 Å². The van der Waals surface area contributed by atoms with Crippen LogP contribution in [0.4, 0.5) is 5.00 Å². The number of ether oxygens (including phenoxy) is 1. The van der Waals surface area contributed by atoms with Gasteiger partial charge in [-0.25, -0.2) is 13.2 Å². The molecule has 0 aliphatic rings. The van der Waals surface area contributed by atoms with Crippen molar-refractivity contribution >= 4 is 66.4 Å². The van der Waals surface area contributed by atoms with Crippen molar-refractivity contribution in [3.63, 3.8) is 0 Å². The van der Waals surface area contributed by atoms with E-state index in [4.69, 9.17) is 4.74 Å². The van der Waals surface area contributed by atoms with E-state index in [2.05, 4.69) is 13.5 Å². The molecule has 0 aliphatic heterocycles. The summed E-state index contributed by atoms with van der Waals surface area (Å²) in [6.45, 7) is 0. The van der Waals surface area contributed by atoms with Crippen LogP contribution in [0.1, 0.15) is 10.4 Å². The van der Waals surface area contributed by atoms with E-state index >= 15 is 0 Å². The maximum atomic E-state index is 13.0. The Hall–Kier alpha value is -2.34. The predicted molar refractivity (Wildman–Crippen MR) is 107 cm³/mol. The second kappa shape index (κ2) is 7.00. The number of aromatic nitrogens is 2. The molecule has 7 nitrogen and oxygen atoms in total. The Balaban J connectivity index is 1.79. The summed E-state index contributed by atoms with van der Waals surface area (Å²) < 4.78 is 41.4. The Kier molecular flexibility index (Phi) is 4.68. The van der Waals surface area contributed by atoms with Crippen LogP contribution in [0.5, 0.6) is 0 Å². The van der Waals surface area contributed by atoms with Crippen LogP contribution in [0.2, 0.25) is 0 Å². The number of sulfonamides is 1. The Morgan fingerprint density at radius 1 is 1.15 bits per heavy atom. The average Bonchev–Trinajstić information content (AvgIpc) is 3.39. The summed E-state index contributed by atoms with van der Waals surface area (Å²) in [5.74, 6) is -0.611. The first-order valence-corrected chi connectivity index (χ1v) is 11.4. The molecule has 0 unspecified atom stereocenters. The van der Waals surface area contributed by atoms with Crippen LogP contribution in [0.15, 0.2) is 46.7 Å². The van der Waals surface area contributed by atoms with E-state index in [0.29, 0.717) is 11.0 Å². The van der Waals surface area contributed by atoms with Crippen molar-refractivity contribution in [2.24, 2.45) is 0 Å². The summed E-state index contributed by atoms with van der Waals surface area (Å²) in [6.07, 6.45) is 0. The number of nitrogens with zero attached hydrogens (tertiary/aromatic N) is 2. The van der Waals surface area contributed by atoms with Crippen LogP contribution in [-0.2, 0) is 14.8 Å². The topological polar surface area (TPSA) is 98.2 Å². The molecule has 0 atom stereocenters. The lowest BCUT2D eigenvalue weighted by molar-refractivity contribution is 0.0602. The van der Waals surface area contributed by atoms with Gasteiger partial charge in [0.2, 0.25) is 0 Å². The summed E-state index contributed by atoms with van der Waals surface area (Å²) in [4.78, 5) is 13.9. The Bertz CT molecular complexity index is 1230. The second-order valence-corrected chi connectivity index (χ2v) is 9.50. The molecule has 0 aliphatic carbocycles. The normalized spacial score (nSPS) is 11.6. The highest BCUT2D eigenvalue weighted by atomic mass is 32.2. The highest BCUT2D eigenvalue weighted by Crippen LogP contribution is 2.39. The molecule has 3 aromatic heterocycles. The number of rotatable bonds is 5. The molecule has 0 radical (unpaired) electrons. The number of benzene rings is 1. The number of fused-ring (bicyclic) bond motifs is 1. The van der Waals surface area contributed by atoms with Gasteiger partial charge in [-0.2, -0.15) is 8.75 Å². The van der Waals surface area contributed by atoms with Gasteiger partial charge in [-0.3, -0.25) is 4.72 Å². The monoisotopic (exact) mass is 437 g/mol. The smallest absolute Gasteiger partial charge is 0.340 e. The van der Waals surface area contributed by atoms with Gasteiger partial charge in [0, 0.05) is 9.75 Å². The van der Waals surface area contributed by atoms with Crippen molar-refractivity contribution in [2.45, 2.75) is 4.90 Å². The van der Waals surface area contributed by atoms with Crippen LogP contribution >= 0.6 is 34.4 Å². The number of anilines is 1. The first kappa shape index (κ1) is 18.0. The highest BCUT2D eigenvalue weighted by Gasteiger charge is 2.25. The van der Waals surface area contributed by atoms with Crippen molar-refractivity contribution in [1.29, 1.82) is 0 Å². The van der Waals surface area contributed by atoms with E-state index in [1.165, 1.54) is 35.8 Å². The molecule has 0 bridgehead atoms. The van der Waals surface area contributed by atoms with Gasteiger partial charge in [0.1, 0.15) is 20.9 Å². The zero-order valence-electron chi connectivity index (χ0n) is 13.7. The van der Waals surface area contributed by atoms with Crippen molar-refractivity contribution in [3.05, 3.63) is 47.3 Å². The quantitative estimate of drug-likeness (QED) is 0.473. The molecule has 0 saturated carbocycles. The number of hydrogen-bond donors (Lipinski definition) is 1. The van der Waals surface area contributed by atoms with Crippen LogP contribution in [0, 0.1) is 0 Å². The minimum absolute atomic E-state index is 0.00985. The number of esters is 1. The number of carbonyl (C=O) groups excluding carboxylic acids is 1. The number of nitrogens with one attached hydrogen (secondary N) is 1. The molecular formula is C16H11N3O4S4. The maximum absolute atomic E-state index is 13.0. The molecule has 1 N–H and O–H groups in total. The van der Waals surface area contributed by atoms with Crippen molar-refractivity contribution in [2.75, 3.05) is 11.8 Å². The second-order valence-electron chi connectivity index (χ2n) is 5.32. The van der Waals surface area contributed by atoms with Crippen molar-refractivity contribution < 1.29 is 17.9 Å². The first-order chi connectivity index (χ1) is 13.0. The molecule has 138 valence electrons.